The summed E-state index contributed by atoms with van der Waals surface area (Å²) in [6, 6.07) is 13.5. The van der Waals surface area contributed by atoms with Crippen molar-refractivity contribution in [1.82, 2.24) is 4.98 Å². The molecule has 2 heterocycles. The molecule has 0 amide bonds. The number of hydrogen-bond donors (Lipinski definition) is 0. The first-order valence-corrected chi connectivity index (χ1v) is 12.0. The van der Waals surface area contributed by atoms with Crippen LogP contribution in [0.15, 0.2) is 64.8 Å². The fourth-order valence-electron chi connectivity index (χ4n) is 3.71. The van der Waals surface area contributed by atoms with E-state index in [1.807, 2.05) is 30.4 Å². The maximum absolute atomic E-state index is 4.39. The van der Waals surface area contributed by atoms with Crippen molar-refractivity contribution in [3.05, 3.63) is 60.6 Å². The highest BCUT2D eigenvalue weighted by atomic mass is 32.2. The molecule has 0 spiro atoms. The zero-order chi connectivity index (χ0) is 16.9. The van der Waals surface area contributed by atoms with Crippen LogP contribution in [0.25, 0.3) is 11.3 Å². The number of benzene rings is 2. The molecule has 120 valence electrons. The standard InChI is InChI=1S/C20H21N2SSi/c1-14-9-10-17-20(19(14)15-13-21-11-12-22(15)2)24(3,4)18-8-6-5-7-16(18)23-17/h5-13H,1-4H3/q+1. The summed E-state index contributed by atoms with van der Waals surface area (Å²) < 4.78 is 2.19. The Hall–Kier alpha value is -1.91. The molecule has 2 aromatic carbocycles. The van der Waals surface area contributed by atoms with Crippen molar-refractivity contribution in [2.75, 3.05) is 0 Å². The van der Waals surface area contributed by atoms with Gasteiger partial charge in [-0.05, 0) is 35.0 Å². The molecular weight excluding hydrogens is 328 g/mol. The summed E-state index contributed by atoms with van der Waals surface area (Å²) in [4.78, 5) is 7.23. The van der Waals surface area contributed by atoms with Crippen molar-refractivity contribution in [1.29, 1.82) is 0 Å². The Morgan fingerprint density at radius 2 is 1.83 bits per heavy atom. The van der Waals surface area contributed by atoms with E-state index < -0.39 is 8.07 Å². The van der Waals surface area contributed by atoms with Crippen LogP contribution < -0.4 is 14.9 Å². The van der Waals surface area contributed by atoms with Gasteiger partial charge in [0.15, 0.2) is 6.20 Å². The van der Waals surface area contributed by atoms with Gasteiger partial charge in [-0.2, -0.15) is 4.57 Å². The number of hydrogen-bond acceptors (Lipinski definition) is 2. The highest BCUT2D eigenvalue weighted by Gasteiger charge is 2.39. The molecule has 3 aromatic rings. The van der Waals surface area contributed by atoms with Crippen molar-refractivity contribution < 1.29 is 4.57 Å². The van der Waals surface area contributed by atoms with E-state index in [1.165, 1.54) is 26.6 Å². The predicted octanol–water partition coefficient (Wildman–Crippen LogP) is 3.17. The Morgan fingerprint density at radius 1 is 1.04 bits per heavy atom. The number of fused-ring (bicyclic) bond motifs is 2. The van der Waals surface area contributed by atoms with Crippen molar-refractivity contribution in [2.45, 2.75) is 29.8 Å². The Labute approximate surface area is 148 Å². The third-order valence-electron chi connectivity index (χ3n) is 4.99. The quantitative estimate of drug-likeness (QED) is 0.496. The van der Waals surface area contributed by atoms with E-state index in [0.29, 0.717) is 0 Å². The zero-order valence-corrected chi connectivity index (χ0v) is 16.3. The van der Waals surface area contributed by atoms with Crippen LogP contribution in [0.1, 0.15) is 5.56 Å². The van der Waals surface area contributed by atoms with Crippen LogP contribution in [-0.2, 0) is 7.05 Å². The minimum atomic E-state index is -1.78. The van der Waals surface area contributed by atoms with Gasteiger partial charge < -0.3 is 0 Å². The van der Waals surface area contributed by atoms with Crippen molar-refractivity contribution in [2.24, 2.45) is 7.05 Å². The van der Waals surface area contributed by atoms with Gasteiger partial charge in [0.1, 0.15) is 15.1 Å². The third-order valence-corrected chi connectivity index (χ3v) is 10.0. The molecule has 1 aliphatic rings. The van der Waals surface area contributed by atoms with Gasteiger partial charge in [0.2, 0.25) is 5.69 Å². The minimum absolute atomic E-state index is 1.20. The minimum Gasteiger partial charge on any atom is -0.252 e. The summed E-state index contributed by atoms with van der Waals surface area (Å²) in [5.41, 5.74) is 3.91. The van der Waals surface area contributed by atoms with E-state index in [4.69, 9.17) is 0 Å². The first-order chi connectivity index (χ1) is 11.5. The Kier molecular flexibility index (Phi) is 3.62. The first-order valence-electron chi connectivity index (χ1n) is 8.21. The number of rotatable bonds is 1. The van der Waals surface area contributed by atoms with Gasteiger partial charge in [-0.25, -0.2) is 0 Å². The Bertz CT molecular complexity index is 950. The SMILES string of the molecule is Cc1ccc2c(c1-c1cncc[n+]1C)[Si](C)(C)c1ccccc1S2. The summed E-state index contributed by atoms with van der Waals surface area (Å²) in [5, 5.41) is 3.09. The topological polar surface area (TPSA) is 16.8 Å². The largest absolute Gasteiger partial charge is 0.252 e. The fourth-order valence-corrected chi connectivity index (χ4v) is 9.58. The summed E-state index contributed by atoms with van der Waals surface area (Å²) in [7, 11) is 0.330. The van der Waals surface area contributed by atoms with Crippen LogP contribution in [0.3, 0.4) is 0 Å². The lowest BCUT2D eigenvalue weighted by Crippen LogP contribution is -2.57. The lowest BCUT2D eigenvalue weighted by atomic mass is 10.1. The van der Waals surface area contributed by atoms with Gasteiger partial charge in [0.25, 0.3) is 0 Å². The molecule has 0 bridgehead atoms. The molecule has 0 saturated heterocycles. The number of aryl methyl sites for hydroxylation is 2. The smallest absolute Gasteiger partial charge is 0.230 e. The van der Waals surface area contributed by atoms with Crippen molar-refractivity contribution >= 4 is 30.2 Å². The fraction of sp³-hybridized carbons (Fsp3) is 0.200. The van der Waals surface area contributed by atoms with Gasteiger partial charge in [0, 0.05) is 9.79 Å². The molecule has 0 unspecified atom stereocenters. The predicted molar refractivity (Wildman–Crippen MR) is 103 cm³/mol. The van der Waals surface area contributed by atoms with Crippen LogP contribution in [0.5, 0.6) is 0 Å². The lowest BCUT2D eigenvalue weighted by molar-refractivity contribution is -0.660. The van der Waals surface area contributed by atoms with E-state index in [9.17, 15) is 0 Å². The summed E-state index contributed by atoms with van der Waals surface area (Å²) in [6.07, 6.45) is 5.88. The van der Waals surface area contributed by atoms with Gasteiger partial charge in [-0.15, -0.1) is 0 Å². The van der Waals surface area contributed by atoms with Gasteiger partial charge in [-0.1, -0.05) is 49.1 Å². The van der Waals surface area contributed by atoms with E-state index in [1.54, 1.807) is 10.4 Å². The second-order valence-corrected chi connectivity index (χ2v) is 12.3. The Morgan fingerprint density at radius 3 is 2.62 bits per heavy atom. The van der Waals surface area contributed by atoms with E-state index in [0.717, 1.165) is 0 Å². The lowest BCUT2D eigenvalue weighted by Gasteiger charge is -2.34. The molecule has 0 fully saturated rings. The molecule has 2 nitrogen and oxygen atoms in total. The maximum atomic E-state index is 4.39. The van der Waals surface area contributed by atoms with Crippen LogP contribution >= 0.6 is 11.8 Å². The summed E-state index contributed by atoms with van der Waals surface area (Å²) >= 11 is 1.91. The van der Waals surface area contributed by atoms with Crippen molar-refractivity contribution in [3.63, 3.8) is 0 Å². The molecule has 0 atom stereocenters. The van der Waals surface area contributed by atoms with Crippen LogP contribution in [0.2, 0.25) is 13.1 Å². The zero-order valence-electron chi connectivity index (χ0n) is 14.5. The summed E-state index contributed by atoms with van der Waals surface area (Å²) in [6.45, 7) is 7.17. The average molecular weight is 350 g/mol. The molecule has 1 aromatic heterocycles. The van der Waals surface area contributed by atoms with Gasteiger partial charge in [0.05, 0.1) is 18.0 Å². The maximum Gasteiger partial charge on any atom is 0.230 e. The third kappa shape index (κ3) is 2.25. The normalized spacial score (nSPS) is 14.8. The Balaban J connectivity index is 2.06. The van der Waals surface area contributed by atoms with E-state index in [2.05, 4.69) is 73.0 Å². The van der Waals surface area contributed by atoms with Crippen LogP contribution in [0.4, 0.5) is 0 Å². The average Bonchev–Trinajstić information content (AvgIpc) is 2.56. The van der Waals surface area contributed by atoms with Crippen LogP contribution in [0, 0.1) is 6.92 Å². The highest BCUT2D eigenvalue weighted by molar-refractivity contribution is 8.00. The molecule has 4 heteroatoms. The molecule has 0 N–H and O–H groups in total. The molecule has 1 aliphatic heterocycles. The molecule has 0 saturated carbocycles. The molecular formula is C20H21N2SSi+. The molecule has 4 rings (SSSR count). The van der Waals surface area contributed by atoms with Crippen molar-refractivity contribution in [3.8, 4) is 11.3 Å². The second-order valence-electron chi connectivity index (χ2n) is 6.93. The molecule has 0 aliphatic carbocycles. The highest BCUT2D eigenvalue weighted by Crippen LogP contribution is 2.36. The molecule has 0 radical (unpaired) electrons. The number of nitrogens with zero attached hydrogens (tertiary/aromatic N) is 2. The molecule has 24 heavy (non-hydrogen) atoms. The van der Waals surface area contributed by atoms with E-state index >= 15 is 0 Å². The first kappa shape index (κ1) is 15.6. The second kappa shape index (κ2) is 5.57. The number of aromatic nitrogens is 2. The van der Waals surface area contributed by atoms with Crippen LogP contribution in [-0.4, -0.2) is 13.1 Å². The summed E-state index contributed by atoms with van der Waals surface area (Å²) in [5.74, 6) is 0. The van der Waals surface area contributed by atoms with E-state index in [-0.39, 0.29) is 0 Å². The monoisotopic (exact) mass is 349 g/mol. The van der Waals surface area contributed by atoms with Gasteiger partial charge >= 0.3 is 0 Å². The van der Waals surface area contributed by atoms with Gasteiger partial charge in [-0.3, -0.25) is 4.98 Å².